The fraction of sp³-hybridized carbons (Fsp3) is 0.462. The number of sulfonamides is 1. The topological polar surface area (TPSA) is 96.8 Å². The average Bonchev–Trinajstić information content (AvgIpc) is 3.15. The van der Waals surface area contributed by atoms with E-state index in [2.05, 4.69) is 21.2 Å². The van der Waals surface area contributed by atoms with Crippen molar-refractivity contribution in [2.24, 2.45) is 0 Å². The number of amides is 1. The Morgan fingerprint density at radius 2 is 1.57 bits per heavy atom. The molecule has 0 radical (unpaired) electrons. The quantitative estimate of drug-likeness (QED) is 0.661. The van der Waals surface area contributed by atoms with Crippen LogP contribution < -0.4 is 10.2 Å². The summed E-state index contributed by atoms with van der Waals surface area (Å²) < 4.78 is 27.2. The van der Waals surface area contributed by atoms with Gasteiger partial charge in [0.2, 0.25) is 15.9 Å². The van der Waals surface area contributed by atoms with Crippen LogP contribution >= 0.6 is 0 Å². The molecule has 2 heterocycles. The van der Waals surface area contributed by atoms with E-state index in [0.29, 0.717) is 24.3 Å². The van der Waals surface area contributed by atoms with Gasteiger partial charge in [-0.15, -0.1) is 0 Å². The van der Waals surface area contributed by atoms with Crippen LogP contribution in [0.5, 0.6) is 0 Å². The van der Waals surface area contributed by atoms with Gasteiger partial charge in [0.15, 0.2) is 0 Å². The molecule has 1 unspecified atom stereocenters. The van der Waals surface area contributed by atoms with Crippen molar-refractivity contribution in [1.82, 2.24) is 9.21 Å². The minimum atomic E-state index is -3.49. The van der Waals surface area contributed by atoms with Gasteiger partial charge in [-0.05, 0) is 74.7 Å². The van der Waals surface area contributed by atoms with Crippen LogP contribution in [-0.2, 0) is 14.8 Å². The van der Waals surface area contributed by atoms with Gasteiger partial charge in [0, 0.05) is 50.6 Å². The molecule has 2 aromatic rings. The van der Waals surface area contributed by atoms with Crippen LogP contribution in [0.25, 0.3) is 0 Å². The van der Waals surface area contributed by atoms with Crippen molar-refractivity contribution in [3.63, 3.8) is 0 Å². The Labute approximate surface area is 208 Å². The molecule has 0 aliphatic carbocycles. The van der Waals surface area contributed by atoms with Gasteiger partial charge < -0.3 is 10.2 Å². The smallest absolute Gasteiger partial charge is 0.243 e. The van der Waals surface area contributed by atoms with Crippen LogP contribution in [0.3, 0.4) is 0 Å². The summed E-state index contributed by atoms with van der Waals surface area (Å²) in [5.41, 5.74) is 2.32. The maximum atomic E-state index is 13.0. The first kappa shape index (κ1) is 25.2. The Balaban J connectivity index is 1.33. The molecule has 1 amide bonds. The molecule has 4 rings (SSSR count). The molecule has 0 aromatic heterocycles. The van der Waals surface area contributed by atoms with Crippen molar-refractivity contribution in [3.8, 4) is 6.07 Å². The summed E-state index contributed by atoms with van der Waals surface area (Å²) in [6.45, 7) is 6.29. The number of hydrogen-bond donors (Lipinski definition) is 1. The third-order valence-electron chi connectivity index (χ3n) is 6.89. The number of rotatable bonds is 6. The Morgan fingerprint density at radius 3 is 2.23 bits per heavy atom. The van der Waals surface area contributed by atoms with Crippen molar-refractivity contribution in [3.05, 3.63) is 54.1 Å². The summed E-state index contributed by atoms with van der Waals surface area (Å²) in [7, 11) is -3.49. The van der Waals surface area contributed by atoms with E-state index in [9.17, 15) is 13.2 Å². The van der Waals surface area contributed by atoms with Gasteiger partial charge in [0.05, 0.1) is 22.6 Å². The van der Waals surface area contributed by atoms with Crippen LogP contribution in [0.15, 0.2) is 53.4 Å². The summed E-state index contributed by atoms with van der Waals surface area (Å²) in [4.78, 5) is 17.7. The van der Waals surface area contributed by atoms with E-state index in [-0.39, 0.29) is 16.8 Å². The molecule has 0 bridgehead atoms. The molecule has 0 saturated carbocycles. The summed E-state index contributed by atoms with van der Waals surface area (Å²) in [5, 5.41) is 11.9. The van der Waals surface area contributed by atoms with Crippen LogP contribution in [0.1, 0.15) is 38.2 Å². The summed E-state index contributed by atoms with van der Waals surface area (Å²) in [5.74, 6) is -0.108. The third-order valence-corrected chi connectivity index (χ3v) is 8.81. The first-order valence-corrected chi connectivity index (χ1v) is 13.7. The Bertz CT molecular complexity index is 1150. The molecular weight excluding hydrogens is 462 g/mol. The van der Waals surface area contributed by atoms with Crippen LogP contribution in [0.4, 0.5) is 11.4 Å². The van der Waals surface area contributed by atoms with E-state index >= 15 is 0 Å². The molecule has 35 heavy (non-hydrogen) atoms. The minimum Gasteiger partial charge on any atom is -0.370 e. The Morgan fingerprint density at radius 1 is 0.886 bits per heavy atom. The molecule has 0 spiro atoms. The number of nitrogens with zero attached hydrogens (tertiary/aromatic N) is 4. The molecule has 186 valence electrons. The highest BCUT2D eigenvalue weighted by Crippen LogP contribution is 2.23. The second-order valence-corrected chi connectivity index (χ2v) is 11.1. The summed E-state index contributed by atoms with van der Waals surface area (Å²) >= 11 is 0. The molecule has 1 atom stereocenters. The zero-order valence-corrected chi connectivity index (χ0v) is 21.0. The number of nitrogens with one attached hydrogen (secondary N) is 1. The SMILES string of the molecule is CC(C(=O)Nc1ccc(S(=O)(=O)N2CCCCC2)cc1)N1CCCN(c2ccc(C#N)cc2)CC1. The van der Waals surface area contributed by atoms with E-state index in [4.69, 9.17) is 5.26 Å². The first-order valence-electron chi connectivity index (χ1n) is 12.3. The number of piperidine rings is 1. The van der Waals surface area contributed by atoms with Gasteiger partial charge in [0.1, 0.15) is 0 Å². The van der Waals surface area contributed by atoms with Gasteiger partial charge in [-0.2, -0.15) is 9.57 Å². The molecule has 2 aliphatic heterocycles. The standard InChI is InChI=1S/C26H33N5O3S/c1-21(29-14-5-15-30(19-18-29)24-10-6-22(20-27)7-11-24)26(32)28-23-8-12-25(13-9-23)35(33,34)31-16-3-2-4-17-31/h6-13,21H,2-5,14-19H2,1H3,(H,28,32). The molecule has 2 saturated heterocycles. The van der Waals surface area contributed by atoms with E-state index in [1.165, 1.54) is 0 Å². The third kappa shape index (κ3) is 6.01. The van der Waals surface area contributed by atoms with Gasteiger partial charge in [-0.25, -0.2) is 8.42 Å². The number of hydrogen-bond acceptors (Lipinski definition) is 6. The lowest BCUT2D eigenvalue weighted by Gasteiger charge is -2.27. The van der Waals surface area contributed by atoms with Crippen molar-refractivity contribution in [2.45, 2.75) is 43.5 Å². The fourth-order valence-electron chi connectivity index (χ4n) is 4.71. The normalized spacial score (nSPS) is 18.9. The molecular formula is C26H33N5O3S. The lowest BCUT2D eigenvalue weighted by atomic mass is 10.2. The monoisotopic (exact) mass is 495 g/mol. The zero-order chi connectivity index (χ0) is 24.8. The molecule has 2 aliphatic rings. The lowest BCUT2D eigenvalue weighted by molar-refractivity contribution is -0.120. The molecule has 9 heteroatoms. The maximum Gasteiger partial charge on any atom is 0.243 e. The van der Waals surface area contributed by atoms with E-state index in [1.54, 1.807) is 28.6 Å². The first-order chi connectivity index (χ1) is 16.9. The molecule has 8 nitrogen and oxygen atoms in total. The number of nitriles is 1. The highest BCUT2D eigenvalue weighted by atomic mass is 32.2. The summed E-state index contributed by atoms with van der Waals surface area (Å²) in [6.07, 6.45) is 3.79. The highest BCUT2D eigenvalue weighted by Gasteiger charge is 2.27. The molecule has 2 fully saturated rings. The van der Waals surface area contributed by atoms with Crippen molar-refractivity contribution < 1.29 is 13.2 Å². The van der Waals surface area contributed by atoms with Gasteiger partial charge >= 0.3 is 0 Å². The highest BCUT2D eigenvalue weighted by molar-refractivity contribution is 7.89. The van der Waals surface area contributed by atoms with E-state index < -0.39 is 10.0 Å². The second-order valence-electron chi connectivity index (χ2n) is 9.19. The van der Waals surface area contributed by atoms with Crippen LogP contribution in [0, 0.1) is 11.3 Å². The van der Waals surface area contributed by atoms with Crippen molar-refractivity contribution >= 4 is 27.3 Å². The second kappa shape index (κ2) is 11.2. The van der Waals surface area contributed by atoms with E-state index in [0.717, 1.165) is 57.5 Å². The Kier molecular flexibility index (Phi) is 8.06. The van der Waals surface area contributed by atoms with Crippen LogP contribution in [0.2, 0.25) is 0 Å². The molecule has 1 N–H and O–H groups in total. The number of anilines is 2. The average molecular weight is 496 g/mol. The van der Waals surface area contributed by atoms with Crippen molar-refractivity contribution in [2.75, 3.05) is 49.5 Å². The number of benzene rings is 2. The van der Waals surface area contributed by atoms with Crippen molar-refractivity contribution in [1.29, 1.82) is 5.26 Å². The predicted octanol–water partition coefficient (Wildman–Crippen LogP) is 3.27. The zero-order valence-electron chi connectivity index (χ0n) is 20.2. The van der Waals surface area contributed by atoms with Gasteiger partial charge in [-0.1, -0.05) is 6.42 Å². The largest absolute Gasteiger partial charge is 0.370 e. The van der Waals surface area contributed by atoms with Crippen LogP contribution in [-0.4, -0.2) is 68.8 Å². The minimum absolute atomic E-state index is 0.108. The number of carbonyl (C=O) groups is 1. The maximum absolute atomic E-state index is 13.0. The molecule has 2 aromatic carbocycles. The predicted molar refractivity (Wildman–Crippen MR) is 137 cm³/mol. The number of carbonyl (C=O) groups excluding carboxylic acids is 1. The van der Waals surface area contributed by atoms with Gasteiger partial charge in [-0.3, -0.25) is 9.69 Å². The van der Waals surface area contributed by atoms with Gasteiger partial charge in [0.25, 0.3) is 0 Å². The van der Waals surface area contributed by atoms with E-state index in [1.807, 2.05) is 31.2 Å². The summed E-state index contributed by atoms with van der Waals surface area (Å²) in [6, 6.07) is 15.9. The lowest BCUT2D eigenvalue weighted by Crippen LogP contribution is -2.44. The Hall–Kier alpha value is -2.93. The fourth-order valence-corrected chi connectivity index (χ4v) is 6.22.